The number of rotatable bonds is 6. The lowest BCUT2D eigenvalue weighted by molar-refractivity contribution is 0.304. The third-order valence-corrected chi connectivity index (χ3v) is 5.99. The van der Waals surface area contributed by atoms with Crippen molar-refractivity contribution in [3.05, 3.63) is 86.7 Å². The van der Waals surface area contributed by atoms with Gasteiger partial charge in [0.15, 0.2) is 0 Å². The summed E-state index contributed by atoms with van der Waals surface area (Å²) in [6.07, 6.45) is 0. The molecule has 0 saturated heterocycles. The maximum Gasteiger partial charge on any atom is 0.263 e. The van der Waals surface area contributed by atoms with Crippen molar-refractivity contribution in [3.63, 3.8) is 0 Å². The zero-order valence-corrected chi connectivity index (χ0v) is 18.0. The van der Waals surface area contributed by atoms with Crippen molar-refractivity contribution >= 4 is 33.2 Å². The van der Waals surface area contributed by atoms with Gasteiger partial charge < -0.3 is 0 Å². The van der Waals surface area contributed by atoms with Crippen LogP contribution in [-0.2, 0) is 19.6 Å². The van der Waals surface area contributed by atoms with Gasteiger partial charge in [0.2, 0.25) is 0 Å². The molecule has 4 aromatic rings. The van der Waals surface area contributed by atoms with Gasteiger partial charge in [-0.15, -0.1) is 11.3 Å². The number of thiophene rings is 1. The van der Waals surface area contributed by atoms with E-state index in [1.165, 1.54) is 15.9 Å². The molecule has 0 fully saturated rings. The Balaban J connectivity index is 1.71. The van der Waals surface area contributed by atoms with Crippen LogP contribution < -0.4 is 5.56 Å². The average Bonchev–Trinajstić information content (AvgIpc) is 3.17. The topological polar surface area (TPSA) is 61.9 Å². The smallest absolute Gasteiger partial charge is 0.263 e. The first-order valence-electron chi connectivity index (χ1n) is 9.43. The van der Waals surface area contributed by atoms with Crippen LogP contribution >= 0.6 is 22.9 Å². The summed E-state index contributed by atoms with van der Waals surface area (Å²) in [6, 6.07) is 19.6. The Labute approximate surface area is 183 Å². The quantitative estimate of drug-likeness (QED) is 0.431. The molecule has 0 aliphatic carbocycles. The lowest BCUT2D eigenvalue weighted by Crippen LogP contribution is -2.29. The van der Waals surface area contributed by atoms with E-state index in [0.29, 0.717) is 34.2 Å². The number of fused-ring (bicyclic) bond motifs is 1. The molecule has 0 saturated carbocycles. The number of halogens is 1. The van der Waals surface area contributed by atoms with E-state index in [0.717, 1.165) is 16.7 Å². The highest BCUT2D eigenvalue weighted by Crippen LogP contribution is 2.31. The summed E-state index contributed by atoms with van der Waals surface area (Å²) in [6.45, 7) is 1.10. The van der Waals surface area contributed by atoms with E-state index in [-0.39, 0.29) is 12.1 Å². The Bertz CT molecular complexity index is 1270. The van der Waals surface area contributed by atoms with E-state index in [1.54, 1.807) is 0 Å². The fourth-order valence-electron chi connectivity index (χ4n) is 3.45. The summed E-state index contributed by atoms with van der Waals surface area (Å²) in [5.41, 5.74) is 2.77. The Kier molecular flexibility index (Phi) is 5.96. The number of hydrogen-bond donors (Lipinski definition) is 0. The number of nitrogens with zero attached hydrogens (tertiary/aromatic N) is 4. The van der Waals surface area contributed by atoms with Crippen LogP contribution in [-0.4, -0.2) is 21.5 Å². The predicted molar refractivity (Wildman–Crippen MR) is 122 cm³/mol. The second kappa shape index (κ2) is 8.80. The highest BCUT2D eigenvalue weighted by molar-refractivity contribution is 7.17. The lowest BCUT2D eigenvalue weighted by Gasteiger charge is -2.18. The van der Waals surface area contributed by atoms with Gasteiger partial charge in [-0.25, -0.2) is 4.98 Å². The average molecular weight is 435 g/mol. The molecule has 0 N–H and O–H groups in total. The first-order valence-corrected chi connectivity index (χ1v) is 10.7. The van der Waals surface area contributed by atoms with Crippen LogP contribution in [0.15, 0.2) is 64.8 Å². The third-order valence-electron chi connectivity index (χ3n) is 4.86. The monoisotopic (exact) mass is 434 g/mol. The molecular weight excluding hydrogens is 416 g/mol. The Morgan fingerprint density at radius 1 is 1.13 bits per heavy atom. The lowest BCUT2D eigenvalue weighted by atomic mass is 10.1. The van der Waals surface area contributed by atoms with Crippen molar-refractivity contribution in [2.24, 2.45) is 0 Å². The van der Waals surface area contributed by atoms with Crippen LogP contribution in [0.3, 0.4) is 0 Å². The normalized spacial score (nSPS) is 11.1. The van der Waals surface area contributed by atoms with Crippen molar-refractivity contribution in [3.8, 4) is 17.2 Å². The molecule has 0 aliphatic rings. The molecule has 2 heterocycles. The molecule has 2 aromatic heterocycles. The Morgan fingerprint density at radius 2 is 1.87 bits per heavy atom. The second-order valence-corrected chi connectivity index (χ2v) is 8.37. The SMILES string of the molecule is CN(Cc1ccc(Cl)cc1)Cc1nc2scc(-c3ccccc3)c2c(=O)n1CC#N. The molecule has 150 valence electrons. The predicted octanol–water partition coefficient (Wildman–Crippen LogP) is 4.93. The summed E-state index contributed by atoms with van der Waals surface area (Å²) < 4.78 is 1.49. The van der Waals surface area contributed by atoms with Gasteiger partial charge in [0.05, 0.1) is 18.0 Å². The van der Waals surface area contributed by atoms with Crippen molar-refractivity contribution < 1.29 is 0 Å². The van der Waals surface area contributed by atoms with Crippen LogP contribution in [0.1, 0.15) is 11.4 Å². The Hall–Kier alpha value is -2.98. The molecule has 0 radical (unpaired) electrons. The van der Waals surface area contributed by atoms with Crippen LogP contribution in [0.25, 0.3) is 21.3 Å². The standard InChI is InChI=1S/C23H19ClN4OS/c1-27(13-16-7-9-18(24)10-8-16)14-20-26-22-21(23(29)28(20)12-11-25)19(15-30-22)17-5-3-2-4-6-17/h2-10,15H,12-14H2,1H3. The van der Waals surface area contributed by atoms with E-state index in [4.69, 9.17) is 16.6 Å². The van der Waals surface area contributed by atoms with Gasteiger partial charge in [0.25, 0.3) is 5.56 Å². The summed E-state index contributed by atoms with van der Waals surface area (Å²) >= 11 is 7.42. The molecule has 0 aliphatic heterocycles. The number of nitriles is 1. The van der Waals surface area contributed by atoms with Crippen molar-refractivity contribution in [1.82, 2.24) is 14.5 Å². The van der Waals surface area contributed by atoms with Gasteiger partial charge in [0.1, 0.15) is 17.2 Å². The molecule has 0 amide bonds. The molecule has 5 nitrogen and oxygen atoms in total. The van der Waals surface area contributed by atoms with Crippen LogP contribution in [0.4, 0.5) is 0 Å². The van der Waals surface area contributed by atoms with Crippen LogP contribution in [0.2, 0.25) is 5.02 Å². The molecule has 0 spiro atoms. The highest BCUT2D eigenvalue weighted by Gasteiger charge is 2.18. The van der Waals surface area contributed by atoms with Gasteiger partial charge in [-0.1, -0.05) is 54.1 Å². The van der Waals surface area contributed by atoms with Gasteiger partial charge >= 0.3 is 0 Å². The summed E-state index contributed by atoms with van der Waals surface area (Å²) in [4.78, 5) is 20.8. The first-order chi connectivity index (χ1) is 14.6. The van der Waals surface area contributed by atoms with Crippen molar-refractivity contribution in [1.29, 1.82) is 5.26 Å². The summed E-state index contributed by atoms with van der Waals surface area (Å²) in [7, 11) is 1.96. The molecule has 30 heavy (non-hydrogen) atoms. The number of aromatic nitrogens is 2. The fourth-order valence-corrected chi connectivity index (χ4v) is 4.53. The van der Waals surface area contributed by atoms with Gasteiger partial charge in [-0.05, 0) is 30.3 Å². The number of benzene rings is 2. The summed E-state index contributed by atoms with van der Waals surface area (Å²) in [5.74, 6) is 0.590. The largest absolute Gasteiger partial charge is 0.295 e. The molecule has 2 aromatic carbocycles. The minimum Gasteiger partial charge on any atom is -0.295 e. The number of hydrogen-bond acceptors (Lipinski definition) is 5. The molecular formula is C23H19ClN4OS. The van der Waals surface area contributed by atoms with Crippen LogP contribution in [0, 0.1) is 11.3 Å². The van der Waals surface area contributed by atoms with E-state index in [2.05, 4.69) is 11.0 Å². The molecule has 0 atom stereocenters. The van der Waals surface area contributed by atoms with Gasteiger partial charge in [-0.3, -0.25) is 14.3 Å². The van der Waals surface area contributed by atoms with Gasteiger partial charge in [0, 0.05) is 22.5 Å². The van der Waals surface area contributed by atoms with Crippen LogP contribution in [0.5, 0.6) is 0 Å². The molecule has 0 unspecified atom stereocenters. The molecule has 0 bridgehead atoms. The second-order valence-electron chi connectivity index (χ2n) is 7.07. The zero-order valence-electron chi connectivity index (χ0n) is 16.4. The maximum atomic E-state index is 13.3. The first kappa shape index (κ1) is 20.3. The highest BCUT2D eigenvalue weighted by atomic mass is 35.5. The van der Waals surface area contributed by atoms with E-state index in [1.807, 2.05) is 67.0 Å². The minimum absolute atomic E-state index is 0.0318. The maximum absolute atomic E-state index is 13.3. The summed E-state index contributed by atoms with van der Waals surface area (Å²) in [5, 5.41) is 12.5. The molecule has 4 rings (SSSR count). The fraction of sp³-hybridized carbons (Fsp3) is 0.174. The minimum atomic E-state index is -0.170. The van der Waals surface area contributed by atoms with E-state index < -0.39 is 0 Å². The Morgan fingerprint density at radius 3 is 2.57 bits per heavy atom. The van der Waals surface area contributed by atoms with E-state index in [9.17, 15) is 10.1 Å². The van der Waals surface area contributed by atoms with Crippen molar-refractivity contribution in [2.75, 3.05) is 7.05 Å². The molecule has 7 heteroatoms. The zero-order chi connectivity index (χ0) is 21.1. The van der Waals surface area contributed by atoms with Crippen molar-refractivity contribution in [2.45, 2.75) is 19.6 Å². The van der Waals surface area contributed by atoms with Gasteiger partial charge in [-0.2, -0.15) is 5.26 Å². The third kappa shape index (κ3) is 4.14. The van der Waals surface area contributed by atoms with E-state index >= 15 is 0 Å².